The normalized spacial score (nSPS) is 24.4. The van der Waals surface area contributed by atoms with Gasteiger partial charge in [0.15, 0.2) is 0 Å². The zero-order valence-electron chi connectivity index (χ0n) is 16.5. The number of urea groups is 1. The van der Waals surface area contributed by atoms with E-state index in [1.54, 1.807) is 6.92 Å². The van der Waals surface area contributed by atoms with Crippen LogP contribution >= 0.6 is 11.3 Å². The molecule has 1 aliphatic heterocycles. The second kappa shape index (κ2) is 7.54. The highest BCUT2D eigenvalue weighted by Gasteiger charge is 2.55. The molecule has 9 heteroatoms. The molecule has 2 aliphatic rings. The quantitative estimate of drug-likeness (QED) is 0.590. The van der Waals surface area contributed by atoms with Gasteiger partial charge >= 0.3 is 12.0 Å². The van der Waals surface area contributed by atoms with Crippen LogP contribution in [0.25, 0.3) is 0 Å². The molecule has 3 rings (SSSR count). The molecule has 0 aromatic carbocycles. The highest BCUT2D eigenvalue weighted by molar-refractivity contribution is 7.16. The number of ether oxygens (including phenoxy) is 1. The summed E-state index contributed by atoms with van der Waals surface area (Å²) in [4.78, 5) is 51.8. The van der Waals surface area contributed by atoms with Crippen molar-refractivity contribution in [1.29, 1.82) is 0 Å². The van der Waals surface area contributed by atoms with E-state index in [-0.39, 0.29) is 11.8 Å². The molecule has 0 radical (unpaired) electrons. The minimum Gasteiger partial charge on any atom is -0.465 e. The van der Waals surface area contributed by atoms with Gasteiger partial charge in [0, 0.05) is 4.88 Å². The Kier molecular flexibility index (Phi) is 5.47. The van der Waals surface area contributed by atoms with Crippen LogP contribution in [0.5, 0.6) is 0 Å². The number of carbonyl (C=O) groups is 4. The average Bonchev–Trinajstić information content (AvgIpc) is 3.05. The van der Waals surface area contributed by atoms with Crippen LogP contribution in [-0.2, 0) is 14.3 Å². The summed E-state index contributed by atoms with van der Waals surface area (Å²) in [6.45, 7) is 5.18. The van der Waals surface area contributed by atoms with Crippen molar-refractivity contribution in [1.82, 2.24) is 10.2 Å². The molecule has 2 atom stereocenters. The van der Waals surface area contributed by atoms with Gasteiger partial charge in [-0.3, -0.25) is 14.5 Å². The van der Waals surface area contributed by atoms with E-state index in [4.69, 9.17) is 4.74 Å². The molecule has 152 valence electrons. The van der Waals surface area contributed by atoms with E-state index in [1.807, 2.05) is 13.8 Å². The van der Waals surface area contributed by atoms with E-state index in [1.165, 1.54) is 18.4 Å². The first-order chi connectivity index (χ1) is 13.2. The van der Waals surface area contributed by atoms with Crippen LogP contribution in [0.15, 0.2) is 0 Å². The Labute approximate surface area is 167 Å². The van der Waals surface area contributed by atoms with Crippen molar-refractivity contribution in [2.24, 2.45) is 5.92 Å². The van der Waals surface area contributed by atoms with Crippen LogP contribution in [0.2, 0.25) is 0 Å². The van der Waals surface area contributed by atoms with Crippen molar-refractivity contribution in [2.45, 2.75) is 52.0 Å². The van der Waals surface area contributed by atoms with Gasteiger partial charge in [-0.25, -0.2) is 9.59 Å². The van der Waals surface area contributed by atoms with Gasteiger partial charge in [0.25, 0.3) is 5.91 Å². The lowest BCUT2D eigenvalue weighted by molar-refractivity contribution is -0.136. The van der Waals surface area contributed by atoms with E-state index in [2.05, 4.69) is 10.6 Å². The summed E-state index contributed by atoms with van der Waals surface area (Å²) in [5.41, 5.74) is 0.133. The number of nitrogens with one attached hydrogen (secondary N) is 2. The third kappa shape index (κ3) is 3.28. The zero-order chi connectivity index (χ0) is 20.6. The first kappa shape index (κ1) is 20.3. The Morgan fingerprint density at radius 3 is 2.68 bits per heavy atom. The van der Waals surface area contributed by atoms with Crippen molar-refractivity contribution in [3.63, 3.8) is 0 Å². The maximum absolute atomic E-state index is 13.0. The molecule has 2 heterocycles. The van der Waals surface area contributed by atoms with E-state index < -0.39 is 30.0 Å². The van der Waals surface area contributed by atoms with Crippen molar-refractivity contribution in [3.05, 3.63) is 16.0 Å². The Balaban J connectivity index is 1.76. The number of aryl methyl sites for hydroxylation is 1. The standard InChI is InChI=1S/C19H25N3O5S/c1-10-7-5-6-8-19(10)17(25)22(18(26)21-19)9-13(23)20-15-14(16(24)27-4)11(2)12(3)28-15/h10H,5-9H2,1-4H3,(H,20,23)(H,21,26)/t10-,19+/m1/s1. The topological polar surface area (TPSA) is 105 Å². The van der Waals surface area contributed by atoms with Crippen LogP contribution in [0.1, 0.15) is 53.4 Å². The minimum atomic E-state index is -0.900. The van der Waals surface area contributed by atoms with E-state index in [0.717, 1.165) is 34.6 Å². The number of rotatable bonds is 4. The molecule has 0 bridgehead atoms. The van der Waals surface area contributed by atoms with Gasteiger partial charge in [-0.1, -0.05) is 19.8 Å². The predicted molar refractivity (Wildman–Crippen MR) is 104 cm³/mol. The average molecular weight is 407 g/mol. The number of esters is 1. The Morgan fingerprint density at radius 1 is 1.32 bits per heavy atom. The maximum atomic E-state index is 13.0. The molecule has 2 N–H and O–H groups in total. The molecule has 8 nitrogen and oxygen atoms in total. The SMILES string of the molecule is COC(=O)c1c(NC(=O)CN2C(=O)N[C@]3(CCCC[C@H]3C)C2=O)sc(C)c1C. The first-order valence-electron chi connectivity index (χ1n) is 9.33. The third-order valence-electron chi connectivity index (χ3n) is 5.83. The molecule has 2 fully saturated rings. The van der Waals surface area contributed by atoms with Gasteiger partial charge in [0.2, 0.25) is 5.91 Å². The first-order valence-corrected chi connectivity index (χ1v) is 10.1. The summed E-state index contributed by atoms with van der Waals surface area (Å²) in [5, 5.41) is 5.85. The van der Waals surface area contributed by atoms with Crippen molar-refractivity contribution < 1.29 is 23.9 Å². The Hall–Kier alpha value is -2.42. The molecule has 0 unspecified atom stereocenters. The summed E-state index contributed by atoms with van der Waals surface area (Å²) in [6.07, 6.45) is 3.35. The van der Waals surface area contributed by atoms with Crippen molar-refractivity contribution in [3.8, 4) is 0 Å². The largest absolute Gasteiger partial charge is 0.465 e. The van der Waals surface area contributed by atoms with E-state index in [9.17, 15) is 19.2 Å². The lowest BCUT2D eigenvalue weighted by atomic mass is 9.73. The smallest absolute Gasteiger partial charge is 0.341 e. The molecule has 28 heavy (non-hydrogen) atoms. The number of hydrogen-bond acceptors (Lipinski definition) is 6. The van der Waals surface area contributed by atoms with Crippen molar-refractivity contribution >= 4 is 40.2 Å². The predicted octanol–water partition coefficient (Wildman–Crippen LogP) is 2.59. The molecule has 1 aliphatic carbocycles. The summed E-state index contributed by atoms with van der Waals surface area (Å²) in [6, 6.07) is -0.541. The van der Waals surface area contributed by atoms with Crippen molar-refractivity contribution in [2.75, 3.05) is 19.0 Å². The highest BCUT2D eigenvalue weighted by Crippen LogP contribution is 2.38. The molecule has 1 aromatic rings. The van der Waals surface area contributed by atoms with Crippen LogP contribution in [0.3, 0.4) is 0 Å². The number of hydrogen-bond donors (Lipinski definition) is 2. The molecule has 1 aromatic heterocycles. The van der Waals surface area contributed by atoms with Crippen LogP contribution in [0.4, 0.5) is 9.80 Å². The van der Waals surface area contributed by atoms with Gasteiger partial charge in [0.05, 0.1) is 12.7 Å². The van der Waals surface area contributed by atoms with Crippen LogP contribution < -0.4 is 10.6 Å². The maximum Gasteiger partial charge on any atom is 0.341 e. The fourth-order valence-electron chi connectivity index (χ4n) is 4.01. The van der Waals surface area contributed by atoms with E-state index >= 15 is 0 Å². The van der Waals surface area contributed by atoms with Gasteiger partial charge < -0.3 is 15.4 Å². The molecular formula is C19H25N3O5S. The molecular weight excluding hydrogens is 382 g/mol. The number of anilines is 1. The summed E-state index contributed by atoms with van der Waals surface area (Å²) in [5.74, 6) is -1.39. The minimum absolute atomic E-state index is 0.0271. The number of imide groups is 1. The fourth-order valence-corrected chi connectivity index (χ4v) is 5.08. The second-order valence-electron chi connectivity index (χ2n) is 7.47. The van der Waals surface area contributed by atoms with E-state index in [0.29, 0.717) is 17.0 Å². The summed E-state index contributed by atoms with van der Waals surface area (Å²) in [7, 11) is 1.28. The van der Waals surface area contributed by atoms with Gasteiger partial charge in [-0.15, -0.1) is 11.3 Å². The lowest BCUT2D eigenvalue weighted by Crippen LogP contribution is -2.54. The monoisotopic (exact) mass is 407 g/mol. The highest BCUT2D eigenvalue weighted by atomic mass is 32.1. The fraction of sp³-hybridized carbons (Fsp3) is 0.579. The number of methoxy groups -OCH3 is 1. The molecule has 1 saturated heterocycles. The number of carbonyl (C=O) groups excluding carboxylic acids is 4. The van der Waals surface area contributed by atoms with Gasteiger partial charge in [-0.2, -0.15) is 0 Å². The third-order valence-corrected chi connectivity index (χ3v) is 6.95. The lowest BCUT2D eigenvalue weighted by Gasteiger charge is -2.36. The van der Waals surface area contributed by atoms with Gasteiger partial charge in [-0.05, 0) is 38.2 Å². The number of thiophene rings is 1. The molecule has 1 saturated carbocycles. The molecule has 4 amide bonds. The summed E-state index contributed by atoms with van der Waals surface area (Å²) < 4.78 is 4.79. The van der Waals surface area contributed by atoms with Crippen LogP contribution in [-0.4, -0.2) is 47.9 Å². The zero-order valence-corrected chi connectivity index (χ0v) is 17.3. The Morgan fingerprint density at radius 2 is 2.04 bits per heavy atom. The Bertz CT molecular complexity index is 849. The van der Waals surface area contributed by atoms with Crippen LogP contribution in [0, 0.1) is 19.8 Å². The second-order valence-corrected chi connectivity index (χ2v) is 8.69. The summed E-state index contributed by atoms with van der Waals surface area (Å²) >= 11 is 1.26. The molecule has 1 spiro atoms. The number of amides is 4. The van der Waals surface area contributed by atoms with Gasteiger partial charge in [0.1, 0.15) is 17.1 Å². The number of nitrogens with zero attached hydrogens (tertiary/aromatic N) is 1.